The van der Waals surface area contributed by atoms with Gasteiger partial charge in [0.05, 0.1) is 12.2 Å². The van der Waals surface area contributed by atoms with E-state index in [1.165, 1.54) is 0 Å². The molecule has 1 aromatic rings. The van der Waals surface area contributed by atoms with Crippen LogP contribution in [-0.2, 0) is 6.61 Å². The van der Waals surface area contributed by atoms with Gasteiger partial charge >= 0.3 is 0 Å². The quantitative estimate of drug-likeness (QED) is 0.574. The number of benzene rings is 1. The number of aliphatic hydroxyl groups is 1. The van der Waals surface area contributed by atoms with E-state index >= 15 is 0 Å². The molecule has 0 bridgehead atoms. The summed E-state index contributed by atoms with van der Waals surface area (Å²) >= 11 is 0. The molecule has 0 atom stereocenters. The Kier molecular flexibility index (Phi) is 2.09. The molecule has 0 aromatic heterocycles. The summed E-state index contributed by atoms with van der Waals surface area (Å²) in [5, 5.41) is 17.4. The van der Waals surface area contributed by atoms with Gasteiger partial charge in [0.25, 0.3) is 0 Å². The first-order chi connectivity index (χ1) is 5.29. The molecule has 56 valence electrons. The van der Waals surface area contributed by atoms with Crippen LogP contribution in [0.3, 0.4) is 0 Å². The third-order valence-electron chi connectivity index (χ3n) is 1.47. The standard InChI is InChI=1S/C8H8N2O/c9-4-7-6(5-11)2-1-3-8(7)10/h1-3,11H,5,10H2. The highest BCUT2D eigenvalue weighted by Crippen LogP contribution is 2.14. The minimum atomic E-state index is -0.145. The summed E-state index contributed by atoms with van der Waals surface area (Å²) in [6.07, 6.45) is 0. The van der Waals surface area contributed by atoms with E-state index in [0.29, 0.717) is 16.8 Å². The van der Waals surface area contributed by atoms with Crippen LogP contribution in [0, 0.1) is 11.3 Å². The van der Waals surface area contributed by atoms with E-state index in [0.717, 1.165) is 0 Å². The molecule has 0 unspecified atom stereocenters. The lowest BCUT2D eigenvalue weighted by atomic mass is 10.1. The van der Waals surface area contributed by atoms with E-state index in [-0.39, 0.29) is 6.61 Å². The minimum absolute atomic E-state index is 0.145. The van der Waals surface area contributed by atoms with Crippen LogP contribution < -0.4 is 5.73 Å². The van der Waals surface area contributed by atoms with Crippen LogP contribution in [0.4, 0.5) is 5.69 Å². The SMILES string of the molecule is N#Cc1c(N)cccc1CO. The molecule has 0 fully saturated rings. The van der Waals surface area contributed by atoms with Gasteiger partial charge in [-0.15, -0.1) is 0 Å². The molecule has 0 saturated heterocycles. The predicted octanol–water partition coefficient (Wildman–Crippen LogP) is 0.633. The van der Waals surface area contributed by atoms with E-state index in [1.54, 1.807) is 18.2 Å². The molecule has 0 amide bonds. The van der Waals surface area contributed by atoms with Crippen molar-refractivity contribution in [2.24, 2.45) is 0 Å². The largest absolute Gasteiger partial charge is 0.398 e. The number of anilines is 1. The zero-order valence-corrected chi connectivity index (χ0v) is 5.91. The van der Waals surface area contributed by atoms with Gasteiger partial charge < -0.3 is 10.8 Å². The van der Waals surface area contributed by atoms with E-state index in [9.17, 15) is 0 Å². The first kappa shape index (κ1) is 7.58. The molecule has 0 saturated carbocycles. The second-order valence-electron chi connectivity index (χ2n) is 2.15. The maximum atomic E-state index is 8.77. The van der Waals surface area contributed by atoms with Crippen molar-refractivity contribution in [1.82, 2.24) is 0 Å². The zero-order valence-electron chi connectivity index (χ0n) is 5.91. The van der Waals surface area contributed by atoms with Crippen molar-refractivity contribution in [2.45, 2.75) is 6.61 Å². The Labute approximate surface area is 64.7 Å². The Morgan fingerprint density at radius 2 is 2.27 bits per heavy atom. The molecule has 1 aromatic carbocycles. The van der Waals surface area contributed by atoms with Gasteiger partial charge in [0.1, 0.15) is 6.07 Å². The number of hydrogen-bond acceptors (Lipinski definition) is 3. The molecule has 11 heavy (non-hydrogen) atoms. The molecule has 0 heterocycles. The molecule has 0 radical (unpaired) electrons. The first-order valence-electron chi connectivity index (χ1n) is 3.18. The number of aliphatic hydroxyl groups excluding tert-OH is 1. The monoisotopic (exact) mass is 148 g/mol. The summed E-state index contributed by atoms with van der Waals surface area (Å²) in [6.45, 7) is -0.145. The number of nitrogens with two attached hydrogens (primary N) is 1. The molecule has 0 aliphatic heterocycles. The molecule has 3 heteroatoms. The summed E-state index contributed by atoms with van der Waals surface area (Å²) in [6, 6.07) is 6.95. The summed E-state index contributed by atoms with van der Waals surface area (Å²) in [5.74, 6) is 0. The van der Waals surface area contributed by atoms with Gasteiger partial charge in [0.2, 0.25) is 0 Å². The van der Waals surface area contributed by atoms with Crippen LogP contribution in [0.1, 0.15) is 11.1 Å². The normalized spacial score (nSPS) is 9.09. The van der Waals surface area contributed by atoms with Gasteiger partial charge in [0, 0.05) is 5.69 Å². The van der Waals surface area contributed by atoms with Crippen LogP contribution >= 0.6 is 0 Å². The molecule has 1 rings (SSSR count). The summed E-state index contributed by atoms with van der Waals surface area (Å²) < 4.78 is 0. The zero-order chi connectivity index (χ0) is 8.27. The van der Waals surface area contributed by atoms with Gasteiger partial charge in [-0.05, 0) is 11.6 Å². The molecule has 0 aliphatic carbocycles. The summed E-state index contributed by atoms with van der Waals surface area (Å²) in [4.78, 5) is 0. The average molecular weight is 148 g/mol. The van der Waals surface area contributed by atoms with E-state index in [4.69, 9.17) is 16.1 Å². The molecule has 3 nitrogen and oxygen atoms in total. The van der Waals surface area contributed by atoms with Crippen molar-refractivity contribution in [3.8, 4) is 6.07 Å². The van der Waals surface area contributed by atoms with Crippen LogP contribution in [0.5, 0.6) is 0 Å². The maximum Gasteiger partial charge on any atom is 0.102 e. The fraction of sp³-hybridized carbons (Fsp3) is 0.125. The topological polar surface area (TPSA) is 70.0 Å². The first-order valence-corrected chi connectivity index (χ1v) is 3.18. The highest BCUT2D eigenvalue weighted by molar-refractivity contribution is 5.57. The van der Waals surface area contributed by atoms with Crippen molar-refractivity contribution < 1.29 is 5.11 Å². The molecule has 0 spiro atoms. The van der Waals surface area contributed by atoms with Crippen LogP contribution in [0.15, 0.2) is 18.2 Å². The second-order valence-corrected chi connectivity index (χ2v) is 2.15. The highest BCUT2D eigenvalue weighted by Gasteiger charge is 2.02. The Balaban J connectivity index is 3.27. The van der Waals surface area contributed by atoms with Gasteiger partial charge in [-0.1, -0.05) is 12.1 Å². The lowest BCUT2D eigenvalue weighted by molar-refractivity contribution is 0.281. The molecular weight excluding hydrogens is 140 g/mol. The minimum Gasteiger partial charge on any atom is -0.398 e. The van der Waals surface area contributed by atoms with Crippen LogP contribution in [0.25, 0.3) is 0 Å². The molecule has 0 aliphatic rings. The maximum absolute atomic E-state index is 8.77. The van der Waals surface area contributed by atoms with Gasteiger partial charge in [-0.3, -0.25) is 0 Å². The third kappa shape index (κ3) is 1.31. The van der Waals surface area contributed by atoms with Crippen LogP contribution in [-0.4, -0.2) is 5.11 Å². The Morgan fingerprint density at radius 3 is 2.73 bits per heavy atom. The summed E-state index contributed by atoms with van der Waals surface area (Å²) in [5.41, 5.74) is 6.84. The smallest absolute Gasteiger partial charge is 0.102 e. The fourth-order valence-electron chi connectivity index (χ4n) is 0.888. The number of nitrogen functional groups attached to an aromatic ring is 1. The highest BCUT2D eigenvalue weighted by atomic mass is 16.3. The lowest BCUT2D eigenvalue weighted by Crippen LogP contribution is -1.95. The van der Waals surface area contributed by atoms with Gasteiger partial charge in [-0.2, -0.15) is 5.26 Å². The number of nitrogens with zero attached hydrogens (tertiary/aromatic N) is 1. The Bertz CT molecular complexity index is 301. The fourth-order valence-corrected chi connectivity index (χ4v) is 0.888. The third-order valence-corrected chi connectivity index (χ3v) is 1.47. The molecular formula is C8H8N2O. The number of nitriles is 1. The Hall–Kier alpha value is -1.53. The average Bonchev–Trinajstić information content (AvgIpc) is 2.04. The lowest BCUT2D eigenvalue weighted by Gasteiger charge is -2.01. The Morgan fingerprint density at radius 1 is 1.55 bits per heavy atom. The van der Waals surface area contributed by atoms with Crippen molar-refractivity contribution in [1.29, 1.82) is 5.26 Å². The van der Waals surface area contributed by atoms with E-state index in [2.05, 4.69) is 0 Å². The van der Waals surface area contributed by atoms with Crippen LogP contribution in [0.2, 0.25) is 0 Å². The number of hydrogen-bond donors (Lipinski definition) is 2. The van der Waals surface area contributed by atoms with Crippen molar-refractivity contribution in [2.75, 3.05) is 5.73 Å². The van der Waals surface area contributed by atoms with Gasteiger partial charge in [0.15, 0.2) is 0 Å². The molecule has 3 N–H and O–H groups in total. The predicted molar refractivity (Wildman–Crippen MR) is 41.5 cm³/mol. The van der Waals surface area contributed by atoms with E-state index in [1.807, 2.05) is 6.07 Å². The van der Waals surface area contributed by atoms with Crippen molar-refractivity contribution in [3.05, 3.63) is 29.3 Å². The van der Waals surface area contributed by atoms with Crippen molar-refractivity contribution >= 4 is 5.69 Å². The van der Waals surface area contributed by atoms with E-state index < -0.39 is 0 Å². The van der Waals surface area contributed by atoms with Crippen molar-refractivity contribution in [3.63, 3.8) is 0 Å². The summed E-state index contributed by atoms with van der Waals surface area (Å²) in [7, 11) is 0. The number of rotatable bonds is 1. The second kappa shape index (κ2) is 3.04. The van der Waals surface area contributed by atoms with Gasteiger partial charge in [-0.25, -0.2) is 0 Å².